The Hall–Kier alpha value is -2.48. The first-order valence-corrected chi connectivity index (χ1v) is 9.68. The van der Waals surface area contributed by atoms with Crippen molar-refractivity contribution in [2.75, 3.05) is 32.1 Å². The van der Waals surface area contributed by atoms with E-state index in [1.807, 2.05) is 19.0 Å². The fourth-order valence-corrected chi connectivity index (χ4v) is 4.04. The Balaban J connectivity index is 1.78. The minimum absolute atomic E-state index is 0.0328. The van der Waals surface area contributed by atoms with Crippen LogP contribution in [-0.4, -0.2) is 58.8 Å². The van der Waals surface area contributed by atoms with Gasteiger partial charge in [-0.3, -0.25) is 4.79 Å². The van der Waals surface area contributed by atoms with Gasteiger partial charge in [-0.05, 0) is 52.3 Å². The summed E-state index contributed by atoms with van der Waals surface area (Å²) in [5, 5.41) is 9.37. The van der Waals surface area contributed by atoms with E-state index in [0.717, 1.165) is 25.3 Å². The normalized spacial score (nSPS) is 20.9. The second-order valence-electron chi connectivity index (χ2n) is 8.18. The molecule has 2 aliphatic rings. The van der Waals surface area contributed by atoms with Crippen LogP contribution >= 0.6 is 0 Å². The van der Waals surface area contributed by atoms with Crippen molar-refractivity contribution in [3.8, 4) is 0 Å². The predicted molar refractivity (Wildman–Crippen MR) is 105 cm³/mol. The van der Waals surface area contributed by atoms with Gasteiger partial charge in [-0.1, -0.05) is 0 Å². The van der Waals surface area contributed by atoms with Crippen LogP contribution in [0.5, 0.6) is 0 Å². The number of nitrogens with zero attached hydrogens (tertiary/aromatic N) is 4. The molecule has 0 aromatic carbocycles. The van der Waals surface area contributed by atoms with E-state index in [1.54, 1.807) is 4.57 Å². The monoisotopic (exact) mass is 388 g/mol. The van der Waals surface area contributed by atoms with Crippen LogP contribution < -0.4 is 10.3 Å². The minimum atomic E-state index is -1.30. The molecule has 1 N–H and O–H groups in total. The predicted octanol–water partition coefficient (Wildman–Crippen LogP) is 2.35. The van der Waals surface area contributed by atoms with Gasteiger partial charge in [0.1, 0.15) is 11.2 Å². The van der Waals surface area contributed by atoms with Gasteiger partial charge in [-0.25, -0.2) is 14.2 Å². The van der Waals surface area contributed by atoms with E-state index >= 15 is 0 Å². The van der Waals surface area contributed by atoms with E-state index in [0.29, 0.717) is 30.7 Å². The van der Waals surface area contributed by atoms with Crippen molar-refractivity contribution >= 4 is 22.8 Å². The molecule has 0 unspecified atom stereocenters. The lowest BCUT2D eigenvalue weighted by atomic mass is 10.00. The number of aromatic carboxylic acids is 1. The second-order valence-corrected chi connectivity index (χ2v) is 8.18. The zero-order valence-corrected chi connectivity index (χ0v) is 16.4. The quantitative estimate of drug-likeness (QED) is 0.847. The molecular weight excluding hydrogens is 363 g/mol. The zero-order chi connectivity index (χ0) is 20.2. The highest BCUT2D eigenvalue weighted by molar-refractivity contribution is 5.92. The highest BCUT2D eigenvalue weighted by atomic mass is 19.1. The number of carboxylic acid groups (broad SMARTS) is 1. The third kappa shape index (κ3) is 3.15. The molecule has 2 atom stereocenters. The van der Waals surface area contributed by atoms with Gasteiger partial charge in [0.15, 0.2) is 11.6 Å². The summed E-state index contributed by atoms with van der Waals surface area (Å²) in [6.07, 6.45) is 4.11. The number of carboxylic acids is 1. The molecule has 1 saturated carbocycles. The Kier molecular flexibility index (Phi) is 4.61. The van der Waals surface area contributed by atoms with Crippen LogP contribution in [0.1, 0.15) is 42.6 Å². The van der Waals surface area contributed by atoms with Crippen LogP contribution in [0.4, 0.5) is 10.2 Å². The number of anilines is 1. The summed E-state index contributed by atoms with van der Waals surface area (Å²) in [7, 11) is 4.08. The average molecular weight is 388 g/mol. The number of fused-ring (bicyclic) bond motifs is 1. The minimum Gasteiger partial charge on any atom is -0.477 e. The summed E-state index contributed by atoms with van der Waals surface area (Å²) in [5.41, 5.74) is -0.648. The molecule has 0 bridgehead atoms. The Morgan fingerprint density at radius 3 is 2.68 bits per heavy atom. The van der Waals surface area contributed by atoms with E-state index in [-0.39, 0.29) is 22.8 Å². The molecule has 2 aromatic heterocycles. The third-order valence-corrected chi connectivity index (χ3v) is 6.13. The molecule has 8 heteroatoms. The van der Waals surface area contributed by atoms with Crippen molar-refractivity contribution in [2.45, 2.75) is 38.3 Å². The van der Waals surface area contributed by atoms with Gasteiger partial charge >= 0.3 is 5.97 Å². The number of rotatable bonds is 5. The molecule has 7 nitrogen and oxygen atoms in total. The molecule has 4 rings (SSSR count). The first-order valence-electron chi connectivity index (χ1n) is 9.68. The highest BCUT2D eigenvalue weighted by Gasteiger charge is 2.32. The lowest BCUT2D eigenvalue weighted by molar-refractivity contribution is 0.0695. The van der Waals surface area contributed by atoms with Gasteiger partial charge < -0.3 is 19.5 Å². The van der Waals surface area contributed by atoms with Crippen LogP contribution in [0.25, 0.3) is 11.0 Å². The highest BCUT2D eigenvalue weighted by Crippen LogP contribution is 2.37. The summed E-state index contributed by atoms with van der Waals surface area (Å²) in [6.45, 7) is 3.57. The zero-order valence-electron chi connectivity index (χ0n) is 16.4. The maximum absolute atomic E-state index is 14.9. The van der Waals surface area contributed by atoms with E-state index < -0.39 is 17.2 Å². The Morgan fingerprint density at radius 2 is 2.07 bits per heavy atom. The Bertz CT molecular complexity index is 999. The van der Waals surface area contributed by atoms with Gasteiger partial charge in [0.05, 0.1) is 5.39 Å². The maximum Gasteiger partial charge on any atom is 0.341 e. The number of hydrogen-bond acceptors (Lipinski definition) is 5. The molecule has 0 radical (unpaired) electrons. The molecule has 0 amide bonds. The Labute approximate surface area is 162 Å². The van der Waals surface area contributed by atoms with Crippen molar-refractivity contribution < 1.29 is 14.3 Å². The lowest BCUT2D eigenvalue weighted by Crippen LogP contribution is -2.34. The van der Waals surface area contributed by atoms with Crippen molar-refractivity contribution in [3.63, 3.8) is 0 Å². The standard InChI is InChI=1S/C20H25FN4O3/c1-11(23(2)3)12-6-7-24(9-12)19-16(21)8-14-17(26)15(20(27)28)10-25(13-4-5-13)18(14)22-19/h8,10-13H,4-7,9H2,1-3H3,(H,27,28)/t11-,12-/m0/s1. The molecule has 28 heavy (non-hydrogen) atoms. The van der Waals surface area contributed by atoms with E-state index in [4.69, 9.17) is 0 Å². The maximum atomic E-state index is 14.9. The van der Waals surface area contributed by atoms with Crippen LogP contribution in [0.3, 0.4) is 0 Å². The lowest BCUT2D eigenvalue weighted by Gasteiger charge is -2.26. The SMILES string of the molecule is C[C@@H]([C@H]1CCN(c2nc3c(cc2F)c(=O)c(C(=O)O)cn3C2CC2)C1)N(C)C. The molecule has 1 aliphatic heterocycles. The fourth-order valence-electron chi connectivity index (χ4n) is 4.04. The molecule has 3 heterocycles. The largest absolute Gasteiger partial charge is 0.477 e. The number of carbonyl (C=O) groups is 1. The van der Waals surface area contributed by atoms with Gasteiger partial charge in [-0.2, -0.15) is 0 Å². The summed E-state index contributed by atoms with van der Waals surface area (Å²) in [6, 6.07) is 1.65. The number of hydrogen-bond donors (Lipinski definition) is 1. The number of halogens is 1. The summed E-state index contributed by atoms with van der Waals surface area (Å²) in [4.78, 5) is 32.6. The van der Waals surface area contributed by atoms with Gasteiger partial charge in [0.2, 0.25) is 5.43 Å². The first-order chi connectivity index (χ1) is 13.3. The summed E-state index contributed by atoms with van der Waals surface area (Å²) in [5.74, 6) is -1.22. The number of pyridine rings is 2. The van der Waals surface area contributed by atoms with Gasteiger partial charge in [-0.15, -0.1) is 0 Å². The molecule has 150 valence electrons. The average Bonchev–Trinajstić information content (AvgIpc) is 3.37. The fraction of sp³-hybridized carbons (Fsp3) is 0.550. The Morgan fingerprint density at radius 1 is 1.36 bits per heavy atom. The topological polar surface area (TPSA) is 78.7 Å². The van der Waals surface area contributed by atoms with E-state index in [2.05, 4.69) is 16.8 Å². The third-order valence-electron chi connectivity index (χ3n) is 6.13. The molecule has 2 aromatic rings. The molecular formula is C20H25FN4O3. The van der Waals surface area contributed by atoms with Crippen LogP contribution in [0, 0.1) is 11.7 Å². The van der Waals surface area contributed by atoms with Crippen LogP contribution in [0.2, 0.25) is 0 Å². The van der Waals surface area contributed by atoms with Gasteiger partial charge in [0.25, 0.3) is 0 Å². The van der Waals surface area contributed by atoms with Crippen LogP contribution in [-0.2, 0) is 0 Å². The van der Waals surface area contributed by atoms with Gasteiger partial charge in [0, 0.05) is 31.4 Å². The van der Waals surface area contributed by atoms with E-state index in [1.165, 1.54) is 6.20 Å². The van der Waals surface area contributed by atoms with Crippen molar-refractivity contribution in [2.24, 2.45) is 5.92 Å². The molecule has 0 spiro atoms. The smallest absolute Gasteiger partial charge is 0.341 e. The first kappa shape index (κ1) is 18.9. The summed E-state index contributed by atoms with van der Waals surface area (Å²) < 4.78 is 16.6. The van der Waals surface area contributed by atoms with Crippen molar-refractivity contribution in [1.82, 2.24) is 14.5 Å². The van der Waals surface area contributed by atoms with Crippen molar-refractivity contribution in [3.05, 3.63) is 33.9 Å². The van der Waals surface area contributed by atoms with Crippen LogP contribution in [0.15, 0.2) is 17.1 Å². The molecule has 1 saturated heterocycles. The summed E-state index contributed by atoms with van der Waals surface area (Å²) >= 11 is 0. The van der Waals surface area contributed by atoms with Crippen molar-refractivity contribution in [1.29, 1.82) is 0 Å². The van der Waals surface area contributed by atoms with E-state index in [9.17, 15) is 19.1 Å². The molecule has 2 fully saturated rings. The number of aromatic nitrogens is 2. The second kappa shape index (κ2) is 6.84. The molecule has 1 aliphatic carbocycles.